The van der Waals surface area contributed by atoms with Crippen molar-refractivity contribution in [2.24, 2.45) is 5.73 Å². The van der Waals surface area contributed by atoms with Crippen molar-refractivity contribution in [2.45, 2.75) is 10.9 Å². The van der Waals surface area contributed by atoms with Gasteiger partial charge in [0, 0.05) is 18.2 Å². The van der Waals surface area contributed by atoms with Crippen LogP contribution in [0.1, 0.15) is 10.4 Å². The number of carbonyl (C=O) groups is 3. The highest BCUT2D eigenvalue weighted by Crippen LogP contribution is 2.30. The Bertz CT molecular complexity index is 724. The number of carboxylic acid groups (broad SMARTS) is 1. The van der Waals surface area contributed by atoms with Gasteiger partial charge in [-0.25, -0.2) is 4.79 Å². The highest BCUT2D eigenvalue weighted by molar-refractivity contribution is 8.00. The number of hydrogen-bond acceptors (Lipinski definition) is 7. The molecule has 1 aliphatic heterocycles. The van der Waals surface area contributed by atoms with Crippen molar-refractivity contribution in [2.75, 3.05) is 25.5 Å². The van der Waals surface area contributed by atoms with E-state index < -0.39 is 28.7 Å². The van der Waals surface area contributed by atoms with Crippen molar-refractivity contribution in [1.29, 1.82) is 0 Å². The first-order valence-electron chi connectivity index (χ1n) is 7.12. The number of benzene rings is 1. The molecule has 1 fully saturated rings. The summed E-state index contributed by atoms with van der Waals surface area (Å²) in [7, 11) is 0. The molecule has 1 saturated heterocycles. The van der Waals surface area contributed by atoms with Gasteiger partial charge in [0.1, 0.15) is 0 Å². The molecule has 11 heteroatoms. The Morgan fingerprint density at radius 3 is 2.76 bits per heavy atom. The van der Waals surface area contributed by atoms with Crippen molar-refractivity contribution in [1.82, 2.24) is 4.90 Å². The van der Waals surface area contributed by atoms with Crippen molar-refractivity contribution in [3.8, 4) is 0 Å². The molecule has 0 aliphatic carbocycles. The number of primary amides is 1. The smallest absolute Gasteiger partial charge is 0.328 e. The summed E-state index contributed by atoms with van der Waals surface area (Å²) >= 11 is 0.893. The fourth-order valence-electron chi connectivity index (χ4n) is 2.26. The first-order valence-corrected chi connectivity index (χ1v) is 8.11. The SMILES string of the molecule is NC(=O)c1ccc(SCC(=O)N2CCOCC2C(=O)O)c([N+](=O)[O-])c1. The van der Waals surface area contributed by atoms with Crippen LogP contribution < -0.4 is 5.73 Å². The predicted molar refractivity (Wildman–Crippen MR) is 86.3 cm³/mol. The van der Waals surface area contributed by atoms with E-state index in [0.29, 0.717) is 0 Å². The number of hydrogen-bond donors (Lipinski definition) is 2. The highest BCUT2D eigenvalue weighted by atomic mass is 32.2. The number of nitro benzene ring substituents is 1. The monoisotopic (exact) mass is 369 g/mol. The van der Waals surface area contributed by atoms with Gasteiger partial charge in [-0.2, -0.15) is 0 Å². The number of nitro groups is 1. The standard InChI is InChI=1S/C14H15N3O7S/c15-13(19)8-1-2-11(9(5-8)17(22)23)25-7-12(18)16-3-4-24-6-10(16)14(20)21/h1-2,5,10H,3-4,6-7H2,(H2,15,19)(H,20,21). The van der Waals surface area contributed by atoms with Gasteiger partial charge in [-0.15, -0.1) is 11.8 Å². The number of amides is 2. The number of nitrogens with two attached hydrogens (primary N) is 1. The second-order valence-corrected chi connectivity index (χ2v) is 6.13. The minimum atomic E-state index is -1.17. The quantitative estimate of drug-likeness (QED) is 0.406. The lowest BCUT2D eigenvalue weighted by Crippen LogP contribution is -2.53. The maximum Gasteiger partial charge on any atom is 0.328 e. The average molecular weight is 369 g/mol. The van der Waals surface area contributed by atoms with Crippen molar-refractivity contribution < 1.29 is 29.2 Å². The Morgan fingerprint density at radius 1 is 1.44 bits per heavy atom. The molecule has 2 rings (SSSR count). The molecule has 0 radical (unpaired) electrons. The zero-order valence-electron chi connectivity index (χ0n) is 12.9. The summed E-state index contributed by atoms with van der Waals surface area (Å²) < 4.78 is 5.06. The topological polar surface area (TPSA) is 153 Å². The van der Waals surface area contributed by atoms with Gasteiger partial charge in [0.25, 0.3) is 5.69 Å². The molecule has 0 aromatic heterocycles. The number of ether oxygens (including phenoxy) is 1. The van der Waals surface area contributed by atoms with E-state index in [1.54, 1.807) is 0 Å². The molecule has 0 bridgehead atoms. The number of nitrogens with zero attached hydrogens (tertiary/aromatic N) is 2. The Balaban J connectivity index is 2.12. The van der Waals surface area contributed by atoms with E-state index in [1.165, 1.54) is 17.0 Å². The van der Waals surface area contributed by atoms with E-state index in [4.69, 9.17) is 15.6 Å². The Kier molecular flexibility index (Phi) is 5.93. The van der Waals surface area contributed by atoms with Gasteiger partial charge >= 0.3 is 5.97 Å². The molecule has 1 aromatic rings. The fraction of sp³-hybridized carbons (Fsp3) is 0.357. The molecule has 3 N–H and O–H groups in total. The molecule has 10 nitrogen and oxygen atoms in total. The van der Waals surface area contributed by atoms with Gasteiger partial charge in [0.2, 0.25) is 11.8 Å². The van der Waals surface area contributed by atoms with E-state index in [1.807, 2.05) is 0 Å². The maximum absolute atomic E-state index is 12.3. The molecule has 1 aliphatic rings. The number of aliphatic carboxylic acids is 1. The Morgan fingerprint density at radius 2 is 2.16 bits per heavy atom. The summed E-state index contributed by atoms with van der Waals surface area (Å²) in [5.74, 6) is -2.61. The van der Waals surface area contributed by atoms with E-state index in [9.17, 15) is 24.5 Å². The van der Waals surface area contributed by atoms with Crippen LogP contribution in [0.5, 0.6) is 0 Å². The summed E-state index contributed by atoms with van der Waals surface area (Å²) in [6.07, 6.45) is 0. The average Bonchev–Trinajstić information content (AvgIpc) is 2.59. The summed E-state index contributed by atoms with van der Waals surface area (Å²) in [6.45, 7) is 0.270. The van der Waals surface area contributed by atoms with E-state index in [2.05, 4.69) is 0 Å². The van der Waals surface area contributed by atoms with Gasteiger partial charge in [-0.1, -0.05) is 0 Å². The second-order valence-electron chi connectivity index (χ2n) is 5.11. The normalized spacial score (nSPS) is 17.1. The minimum Gasteiger partial charge on any atom is -0.480 e. The number of rotatable bonds is 6. The second kappa shape index (κ2) is 7.94. The van der Waals surface area contributed by atoms with Crippen LogP contribution in [0.25, 0.3) is 0 Å². The highest BCUT2D eigenvalue weighted by Gasteiger charge is 2.32. The van der Waals surface area contributed by atoms with Crippen molar-refractivity contribution in [3.05, 3.63) is 33.9 Å². The van der Waals surface area contributed by atoms with E-state index in [0.717, 1.165) is 17.8 Å². The van der Waals surface area contributed by atoms with E-state index in [-0.39, 0.29) is 41.7 Å². The molecule has 1 unspecified atom stereocenters. The van der Waals surface area contributed by atoms with Crippen molar-refractivity contribution >= 4 is 35.2 Å². The van der Waals surface area contributed by atoms with Crippen LogP contribution in [0.4, 0.5) is 5.69 Å². The molecule has 0 saturated carbocycles. The lowest BCUT2D eigenvalue weighted by atomic mass is 10.2. The predicted octanol–water partition coefficient (Wildman–Crippen LogP) is 0.0978. The fourth-order valence-corrected chi connectivity index (χ4v) is 3.15. The first-order chi connectivity index (χ1) is 11.8. The summed E-state index contributed by atoms with van der Waals surface area (Å²) in [5.41, 5.74) is 4.75. The number of carbonyl (C=O) groups excluding carboxylic acids is 2. The van der Waals surface area contributed by atoms with Crippen LogP contribution in [0, 0.1) is 10.1 Å². The van der Waals surface area contributed by atoms with Crippen LogP contribution >= 0.6 is 11.8 Å². The molecule has 1 aromatic carbocycles. The van der Waals surface area contributed by atoms with Gasteiger partial charge in [0.05, 0.1) is 28.8 Å². The van der Waals surface area contributed by atoms with Gasteiger partial charge in [0.15, 0.2) is 6.04 Å². The Hall–Kier alpha value is -2.66. The largest absolute Gasteiger partial charge is 0.480 e. The lowest BCUT2D eigenvalue weighted by molar-refractivity contribution is -0.387. The molecule has 0 spiro atoms. The maximum atomic E-state index is 12.3. The third-order valence-corrected chi connectivity index (χ3v) is 4.57. The lowest BCUT2D eigenvalue weighted by Gasteiger charge is -2.32. The molecule has 25 heavy (non-hydrogen) atoms. The van der Waals surface area contributed by atoms with Gasteiger partial charge in [-0.05, 0) is 12.1 Å². The molecule has 1 heterocycles. The zero-order valence-corrected chi connectivity index (χ0v) is 13.7. The number of morpholine rings is 1. The summed E-state index contributed by atoms with van der Waals surface area (Å²) in [5, 5.41) is 20.3. The third-order valence-electron chi connectivity index (χ3n) is 3.53. The van der Waals surface area contributed by atoms with Crippen LogP contribution in [-0.4, -0.2) is 64.3 Å². The van der Waals surface area contributed by atoms with Crippen LogP contribution in [0.2, 0.25) is 0 Å². The Labute approximate surface area is 146 Å². The van der Waals surface area contributed by atoms with Crippen LogP contribution in [0.3, 0.4) is 0 Å². The number of carboxylic acids is 1. The van der Waals surface area contributed by atoms with Crippen molar-refractivity contribution in [3.63, 3.8) is 0 Å². The van der Waals surface area contributed by atoms with Gasteiger partial charge in [-0.3, -0.25) is 19.7 Å². The van der Waals surface area contributed by atoms with E-state index >= 15 is 0 Å². The van der Waals surface area contributed by atoms with Crippen LogP contribution in [-0.2, 0) is 14.3 Å². The van der Waals surface area contributed by atoms with Crippen LogP contribution in [0.15, 0.2) is 23.1 Å². The van der Waals surface area contributed by atoms with Gasteiger partial charge < -0.3 is 20.5 Å². The minimum absolute atomic E-state index is 0.0125. The molecule has 134 valence electrons. The zero-order chi connectivity index (χ0) is 18.6. The molecular weight excluding hydrogens is 354 g/mol. The molecule has 2 amide bonds. The first kappa shape index (κ1) is 18.7. The molecule has 1 atom stereocenters. The third kappa shape index (κ3) is 4.45. The number of thioether (sulfide) groups is 1. The summed E-state index contributed by atoms with van der Waals surface area (Å²) in [4.78, 5) is 46.4. The summed E-state index contributed by atoms with van der Waals surface area (Å²) in [6, 6.07) is 2.64. The molecular formula is C14H15N3O7S.